The Morgan fingerprint density at radius 3 is 1.52 bits per heavy atom. The largest absolute Gasteiger partial charge is 0.481 e. The average Bonchev–Trinajstić information content (AvgIpc) is 3.24. The molecule has 0 heterocycles. The Morgan fingerprint density at radius 2 is 1.05 bits per heavy atom. The van der Waals surface area contributed by atoms with Gasteiger partial charge >= 0.3 is 11.9 Å². The van der Waals surface area contributed by atoms with Gasteiger partial charge in [-0.1, -0.05) is 94.8 Å². The molecule has 2 aromatic rings. The number of nitrogens with one attached hydrogen (secondary N) is 6. The summed E-state index contributed by atoms with van der Waals surface area (Å²) in [4.78, 5) is 105. The molecule has 12 N–H and O–H groups in total. The van der Waals surface area contributed by atoms with E-state index in [-0.39, 0.29) is 37.9 Å². The Morgan fingerprint density at radius 1 is 0.597 bits per heavy atom. The molecule has 8 atom stereocenters. The van der Waals surface area contributed by atoms with E-state index in [1.165, 1.54) is 0 Å². The number of unbranched alkanes of at least 4 members (excludes halogenated alkanes) is 1. The van der Waals surface area contributed by atoms with Crippen LogP contribution in [0.2, 0.25) is 0 Å². The minimum Gasteiger partial charge on any atom is -0.481 e. The normalized spacial score (nSPS) is 15.0. The number of thiol groups is 1. The van der Waals surface area contributed by atoms with E-state index in [0.29, 0.717) is 36.9 Å². The fourth-order valence-electron chi connectivity index (χ4n) is 6.29. The predicted octanol–water partition coefficient (Wildman–Crippen LogP) is 0.418. The number of carboxylic acids is 2. The van der Waals surface area contributed by atoms with Gasteiger partial charge in [0.15, 0.2) is 0 Å². The molecular weight excluding hydrogens is 821 g/mol. The summed E-state index contributed by atoms with van der Waals surface area (Å²) in [6.07, 6.45) is 1.05. The number of nitrogens with two attached hydrogens (primary N) is 2. The summed E-state index contributed by atoms with van der Waals surface area (Å²) < 4.78 is 0. The van der Waals surface area contributed by atoms with Gasteiger partial charge in [0.2, 0.25) is 35.4 Å². The molecule has 0 aromatic heterocycles. The van der Waals surface area contributed by atoms with Crippen LogP contribution >= 0.6 is 12.6 Å². The van der Waals surface area contributed by atoms with E-state index in [0.717, 1.165) is 0 Å². The van der Waals surface area contributed by atoms with Crippen LogP contribution in [0.15, 0.2) is 60.7 Å². The van der Waals surface area contributed by atoms with Gasteiger partial charge in [0.25, 0.3) is 0 Å². The molecule has 0 saturated heterocycles. The van der Waals surface area contributed by atoms with E-state index < -0.39 is 102 Å². The first-order valence-corrected chi connectivity index (χ1v) is 21.5. The van der Waals surface area contributed by atoms with E-state index in [9.17, 15) is 43.5 Å². The van der Waals surface area contributed by atoms with Crippen LogP contribution in [0.5, 0.6) is 0 Å². The molecule has 2 aromatic carbocycles. The zero-order valence-electron chi connectivity index (χ0n) is 35.8. The summed E-state index contributed by atoms with van der Waals surface area (Å²) >= 11 is 4.28. The predicted molar refractivity (Wildman–Crippen MR) is 235 cm³/mol. The number of benzene rings is 2. The molecule has 0 bridgehead atoms. The number of hydrogen-bond acceptors (Lipinski definition) is 11. The zero-order chi connectivity index (χ0) is 46.4. The van der Waals surface area contributed by atoms with Gasteiger partial charge in [0, 0.05) is 25.0 Å². The number of carbonyl (C=O) groups is 8. The molecule has 0 aliphatic carbocycles. The van der Waals surface area contributed by atoms with Gasteiger partial charge in [-0.05, 0) is 55.2 Å². The lowest BCUT2D eigenvalue weighted by molar-refractivity contribution is -0.142. The maximum Gasteiger partial charge on any atom is 0.326 e. The molecule has 342 valence electrons. The molecule has 2 rings (SSSR count). The minimum atomic E-state index is -1.30. The number of carboxylic acid groups (broad SMARTS) is 2. The number of amides is 6. The van der Waals surface area contributed by atoms with Gasteiger partial charge in [0.05, 0.1) is 6.04 Å². The van der Waals surface area contributed by atoms with Crippen molar-refractivity contribution in [1.29, 1.82) is 0 Å². The first-order chi connectivity index (χ1) is 29.4. The molecule has 62 heavy (non-hydrogen) atoms. The Bertz CT molecular complexity index is 1790. The summed E-state index contributed by atoms with van der Waals surface area (Å²) in [6.45, 7) is 7.22. The van der Waals surface area contributed by atoms with Crippen LogP contribution in [0, 0.1) is 11.8 Å². The quantitative estimate of drug-likeness (QED) is 0.0410. The molecule has 0 spiro atoms. The van der Waals surface area contributed by atoms with Crippen LogP contribution in [-0.2, 0) is 51.2 Å². The highest BCUT2D eigenvalue weighted by molar-refractivity contribution is 7.80. The van der Waals surface area contributed by atoms with Crippen molar-refractivity contribution in [3.63, 3.8) is 0 Å². The van der Waals surface area contributed by atoms with Crippen LogP contribution in [0.1, 0.15) is 77.3 Å². The van der Waals surface area contributed by atoms with E-state index in [2.05, 4.69) is 44.5 Å². The minimum absolute atomic E-state index is 0.00159. The van der Waals surface area contributed by atoms with Crippen molar-refractivity contribution in [3.05, 3.63) is 71.8 Å². The third-order valence-corrected chi connectivity index (χ3v) is 10.6. The number of carbonyl (C=O) groups excluding carboxylic acids is 6. The summed E-state index contributed by atoms with van der Waals surface area (Å²) in [5, 5.41) is 34.6. The second-order valence-corrected chi connectivity index (χ2v) is 15.9. The van der Waals surface area contributed by atoms with Crippen LogP contribution in [0.25, 0.3) is 0 Å². The van der Waals surface area contributed by atoms with Crippen LogP contribution in [0.3, 0.4) is 0 Å². The van der Waals surface area contributed by atoms with Gasteiger partial charge in [-0.15, -0.1) is 0 Å². The first kappa shape index (κ1) is 52.6. The van der Waals surface area contributed by atoms with Crippen molar-refractivity contribution in [2.24, 2.45) is 23.3 Å². The first-order valence-electron chi connectivity index (χ1n) is 20.8. The second kappa shape index (κ2) is 27.4. The standard InChI is InChI=1S/C43H64N8O10S/c1-5-26(4)36(51-39(56)32(23-28-16-10-7-11-17-28)47-37(54)29(45)19-20-34(52)53)42(59)50-35(25(2)3)41(58)49-33(24-62)40(57)48-31(22-27-14-8-6-9-15-27)38(55)46-30(43(60)61)18-12-13-21-44/h6-11,14-17,25-26,29-33,35-36,62H,5,12-13,18-24,44-45H2,1-4H3,(H,46,55)(H,47,54)(H,48,57)(H,49,58)(H,50,59)(H,51,56)(H,52,53)(H,60,61)/t26-,29-,30-,31-,32-,33-,35-,36-/m0/s1. The van der Waals surface area contributed by atoms with Gasteiger partial charge in [-0.2, -0.15) is 12.6 Å². The topological polar surface area (TPSA) is 301 Å². The van der Waals surface area contributed by atoms with Crippen LogP contribution in [0.4, 0.5) is 0 Å². The fraction of sp³-hybridized carbons (Fsp3) is 0.535. The molecular formula is C43H64N8O10S. The van der Waals surface area contributed by atoms with Gasteiger partial charge in [0.1, 0.15) is 36.3 Å². The molecule has 6 amide bonds. The lowest BCUT2D eigenvalue weighted by Crippen LogP contribution is -2.62. The van der Waals surface area contributed by atoms with Crippen molar-refractivity contribution < 1.29 is 48.6 Å². The Labute approximate surface area is 368 Å². The van der Waals surface area contributed by atoms with Crippen LogP contribution in [-0.4, -0.2) is 112 Å². The third-order valence-electron chi connectivity index (χ3n) is 10.3. The maximum absolute atomic E-state index is 14.0. The fourth-order valence-corrected chi connectivity index (χ4v) is 6.55. The molecule has 0 radical (unpaired) electrons. The molecule has 0 aliphatic heterocycles. The van der Waals surface area contributed by atoms with E-state index in [1.807, 2.05) is 0 Å². The van der Waals surface area contributed by atoms with Crippen molar-refractivity contribution >= 4 is 60.0 Å². The van der Waals surface area contributed by atoms with Crippen molar-refractivity contribution in [1.82, 2.24) is 31.9 Å². The monoisotopic (exact) mass is 884 g/mol. The molecule has 19 heteroatoms. The van der Waals surface area contributed by atoms with E-state index in [1.54, 1.807) is 88.4 Å². The smallest absolute Gasteiger partial charge is 0.326 e. The molecule has 0 aliphatic rings. The maximum atomic E-state index is 14.0. The van der Waals surface area contributed by atoms with E-state index in [4.69, 9.17) is 16.6 Å². The number of aliphatic carboxylic acids is 2. The van der Waals surface area contributed by atoms with Gasteiger partial charge in [-0.3, -0.25) is 33.6 Å². The summed E-state index contributed by atoms with van der Waals surface area (Å²) in [7, 11) is 0. The van der Waals surface area contributed by atoms with Crippen molar-refractivity contribution in [3.8, 4) is 0 Å². The van der Waals surface area contributed by atoms with Gasteiger partial charge in [-0.25, -0.2) is 4.79 Å². The van der Waals surface area contributed by atoms with Gasteiger partial charge < -0.3 is 53.6 Å². The second-order valence-electron chi connectivity index (χ2n) is 15.6. The van der Waals surface area contributed by atoms with E-state index >= 15 is 0 Å². The lowest BCUT2D eigenvalue weighted by atomic mass is 9.95. The average molecular weight is 885 g/mol. The molecule has 0 saturated carbocycles. The highest BCUT2D eigenvalue weighted by atomic mass is 32.1. The number of hydrogen-bond donors (Lipinski definition) is 11. The Kier molecular flexibility index (Phi) is 23.3. The highest BCUT2D eigenvalue weighted by Gasteiger charge is 2.36. The molecule has 0 fully saturated rings. The SMILES string of the molecule is CC[C@H](C)[C@H](NC(=O)[C@H](Cc1ccccc1)NC(=O)[C@@H](N)CCC(=O)O)C(=O)N[C@H](C(=O)N[C@@H](CS)C(=O)N[C@@H](Cc1ccccc1)C(=O)N[C@@H](CCCCN)C(=O)O)C(C)C. The summed E-state index contributed by atoms with van der Waals surface area (Å²) in [5.74, 6) is -8.06. The zero-order valence-corrected chi connectivity index (χ0v) is 36.7. The molecule has 0 unspecified atom stereocenters. The summed E-state index contributed by atoms with van der Waals surface area (Å²) in [6, 6.07) is 8.93. The van der Waals surface area contributed by atoms with Crippen molar-refractivity contribution in [2.75, 3.05) is 12.3 Å². The Balaban J connectivity index is 2.29. The Hall–Kier alpha value is -5.53. The lowest BCUT2D eigenvalue weighted by Gasteiger charge is -2.30. The molecule has 18 nitrogen and oxygen atoms in total. The third kappa shape index (κ3) is 18.2. The van der Waals surface area contributed by atoms with Crippen molar-refractivity contribution in [2.45, 2.75) is 121 Å². The summed E-state index contributed by atoms with van der Waals surface area (Å²) in [5.41, 5.74) is 12.8. The van der Waals surface area contributed by atoms with Crippen LogP contribution < -0.4 is 43.4 Å². The number of rotatable bonds is 28. The highest BCUT2D eigenvalue weighted by Crippen LogP contribution is 2.13.